The quantitative estimate of drug-likeness (QED) is 0.317. The van der Waals surface area contributed by atoms with Gasteiger partial charge in [0.25, 0.3) is 0 Å². The number of aliphatic hydroxyl groups excluding tert-OH is 4. The first-order chi connectivity index (χ1) is 9.24. The van der Waals surface area contributed by atoms with E-state index in [4.69, 9.17) is 9.84 Å². The zero-order valence-corrected chi connectivity index (χ0v) is 11.4. The summed E-state index contributed by atoms with van der Waals surface area (Å²) in [6, 6.07) is 0. The van der Waals surface area contributed by atoms with Crippen LogP contribution < -0.4 is 4.72 Å². The molecule has 1 heterocycles. The predicted molar refractivity (Wildman–Crippen MR) is 62.7 cm³/mol. The summed E-state index contributed by atoms with van der Waals surface area (Å²) in [7, 11) is -3.28. The largest absolute Gasteiger partial charge is 0.468 e. The van der Waals surface area contributed by atoms with Gasteiger partial charge in [0.15, 0.2) is 0 Å². The molecule has 0 aromatic rings. The van der Waals surface area contributed by atoms with E-state index in [1.54, 1.807) is 0 Å². The molecular formula is C9H17NO9S. The number of hydrogen-bond donors (Lipinski definition) is 5. The van der Waals surface area contributed by atoms with Crippen LogP contribution in [-0.2, 0) is 24.3 Å². The summed E-state index contributed by atoms with van der Waals surface area (Å²) in [5.74, 6) is -0.863. The maximum Gasteiger partial charge on any atom is 0.320 e. The van der Waals surface area contributed by atoms with Crippen molar-refractivity contribution in [2.75, 3.05) is 20.3 Å². The van der Waals surface area contributed by atoms with Gasteiger partial charge in [-0.25, -0.2) is 13.1 Å². The van der Waals surface area contributed by atoms with Crippen LogP contribution >= 0.6 is 0 Å². The van der Waals surface area contributed by atoms with Crippen molar-refractivity contribution in [2.45, 2.75) is 29.9 Å². The summed E-state index contributed by atoms with van der Waals surface area (Å²) < 4.78 is 34.6. The van der Waals surface area contributed by atoms with Crippen molar-refractivity contribution in [3.63, 3.8) is 0 Å². The van der Waals surface area contributed by atoms with E-state index < -0.39 is 59.0 Å². The Morgan fingerprint density at radius 1 is 1.25 bits per heavy atom. The molecule has 5 N–H and O–H groups in total. The smallest absolute Gasteiger partial charge is 0.320 e. The third-order valence-electron chi connectivity index (χ3n) is 2.80. The highest BCUT2D eigenvalue weighted by Crippen LogP contribution is 2.24. The van der Waals surface area contributed by atoms with Crippen LogP contribution in [-0.4, -0.2) is 84.9 Å². The Bertz CT molecular complexity index is 437. The molecule has 118 valence electrons. The topological polar surface area (TPSA) is 163 Å². The second-order valence-corrected chi connectivity index (χ2v) is 5.98. The number of rotatable bonds is 5. The normalized spacial score (nSPS) is 34.8. The fourth-order valence-electron chi connectivity index (χ4n) is 1.64. The van der Waals surface area contributed by atoms with Gasteiger partial charge >= 0.3 is 5.97 Å². The van der Waals surface area contributed by atoms with Gasteiger partial charge in [-0.05, 0) is 0 Å². The van der Waals surface area contributed by atoms with Gasteiger partial charge in [-0.2, -0.15) is 0 Å². The maximum absolute atomic E-state index is 11.9. The number of methoxy groups -OCH3 is 1. The molecule has 0 radical (unpaired) electrons. The van der Waals surface area contributed by atoms with E-state index in [0.29, 0.717) is 0 Å². The summed E-state index contributed by atoms with van der Waals surface area (Å²) in [5, 5.41) is 37.6. The first-order valence-corrected chi connectivity index (χ1v) is 7.15. The number of ether oxygens (including phenoxy) is 2. The summed E-state index contributed by atoms with van der Waals surface area (Å²) >= 11 is 0. The molecule has 20 heavy (non-hydrogen) atoms. The molecule has 11 heteroatoms. The molecule has 0 aromatic carbocycles. The van der Waals surface area contributed by atoms with Crippen LogP contribution in [0.2, 0.25) is 0 Å². The van der Waals surface area contributed by atoms with Gasteiger partial charge in [0, 0.05) is 0 Å². The van der Waals surface area contributed by atoms with Crippen molar-refractivity contribution in [2.24, 2.45) is 0 Å². The molecular weight excluding hydrogens is 298 g/mol. The first kappa shape index (κ1) is 17.2. The maximum atomic E-state index is 11.9. The van der Waals surface area contributed by atoms with Crippen LogP contribution in [0.15, 0.2) is 0 Å². The molecule has 0 unspecified atom stereocenters. The second-order valence-electron chi connectivity index (χ2n) is 4.14. The summed E-state index contributed by atoms with van der Waals surface area (Å²) in [5.41, 5.74) is -1.94. The standard InChI is InChI=1S/C9H17NO9S/c1-18-5(12)2-10-20(16,17)9-8(15)7(14)6(13)4(3-11)19-9/h4,6-11,13-15H,2-3H2,1H3/t4-,6-,7+,8-,9+/m1/s1. The SMILES string of the molecule is COC(=O)CNS(=O)(=O)[C@@H]1O[C@H](CO)[C@@H](O)[C@H](O)[C@H]1O. The van der Waals surface area contributed by atoms with E-state index in [1.165, 1.54) is 0 Å². The molecule has 1 rings (SSSR count). The van der Waals surface area contributed by atoms with Crippen molar-refractivity contribution < 1.29 is 43.1 Å². The van der Waals surface area contributed by atoms with Crippen LogP contribution in [0.25, 0.3) is 0 Å². The molecule has 5 atom stereocenters. The van der Waals surface area contributed by atoms with Gasteiger partial charge < -0.3 is 29.9 Å². The van der Waals surface area contributed by atoms with Gasteiger partial charge in [-0.1, -0.05) is 0 Å². The zero-order chi connectivity index (χ0) is 15.5. The van der Waals surface area contributed by atoms with Crippen LogP contribution in [0.4, 0.5) is 0 Å². The Hall–Kier alpha value is -0.820. The van der Waals surface area contributed by atoms with Crippen LogP contribution in [0.5, 0.6) is 0 Å². The van der Waals surface area contributed by atoms with Gasteiger partial charge in [-0.15, -0.1) is 0 Å². The highest BCUT2D eigenvalue weighted by Gasteiger charge is 2.48. The number of esters is 1. The number of carbonyl (C=O) groups is 1. The average molecular weight is 315 g/mol. The lowest BCUT2D eigenvalue weighted by molar-refractivity contribution is -0.207. The number of nitrogens with one attached hydrogen (secondary N) is 1. The molecule has 1 saturated heterocycles. The fraction of sp³-hybridized carbons (Fsp3) is 0.889. The van der Waals surface area contributed by atoms with E-state index >= 15 is 0 Å². The highest BCUT2D eigenvalue weighted by molar-refractivity contribution is 7.90. The van der Waals surface area contributed by atoms with Crippen molar-refractivity contribution >= 4 is 16.0 Å². The van der Waals surface area contributed by atoms with E-state index in [0.717, 1.165) is 7.11 Å². The van der Waals surface area contributed by atoms with Gasteiger partial charge in [0.05, 0.1) is 13.7 Å². The van der Waals surface area contributed by atoms with Crippen molar-refractivity contribution in [3.05, 3.63) is 0 Å². The molecule has 1 aliphatic rings. The van der Waals surface area contributed by atoms with E-state index in [1.807, 2.05) is 4.72 Å². The Morgan fingerprint density at radius 2 is 1.85 bits per heavy atom. The third kappa shape index (κ3) is 3.63. The Balaban J connectivity index is 2.84. The first-order valence-electron chi connectivity index (χ1n) is 5.60. The lowest BCUT2D eigenvalue weighted by Crippen LogP contribution is -2.62. The molecule has 1 fully saturated rings. The predicted octanol–water partition coefficient (Wildman–Crippen LogP) is -4.12. The third-order valence-corrected chi connectivity index (χ3v) is 4.35. The minimum absolute atomic E-state index is 0.687. The summed E-state index contributed by atoms with van der Waals surface area (Å²) in [6.07, 6.45) is -6.78. The van der Waals surface area contributed by atoms with Gasteiger partial charge in [-0.3, -0.25) is 4.79 Å². The fourth-order valence-corrected chi connectivity index (χ4v) is 2.94. The Labute approximate surface area is 115 Å². The summed E-state index contributed by atoms with van der Waals surface area (Å²) in [4.78, 5) is 10.9. The van der Waals surface area contributed by atoms with Crippen LogP contribution in [0, 0.1) is 0 Å². The molecule has 0 bridgehead atoms. The minimum Gasteiger partial charge on any atom is -0.468 e. The molecule has 0 aromatic heterocycles. The number of carbonyl (C=O) groups excluding carboxylic acids is 1. The highest BCUT2D eigenvalue weighted by atomic mass is 32.2. The van der Waals surface area contributed by atoms with E-state index in [2.05, 4.69) is 4.74 Å². The van der Waals surface area contributed by atoms with Crippen LogP contribution in [0.1, 0.15) is 0 Å². The zero-order valence-electron chi connectivity index (χ0n) is 10.5. The van der Waals surface area contributed by atoms with Gasteiger partial charge in [0.2, 0.25) is 15.5 Å². The van der Waals surface area contributed by atoms with E-state index in [-0.39, 0.29) is 0 Å². The molecule has 1 aliphatic heterocycles. The molecule has 0 saturated carbocycles. The Kier molecular flexibility index (Phi) is 5.82. The van der Waals surface area contributed by atoms with Crippen molar-refractivity contribution in [3.8, 4) is 0 Å². The number of hydrogen-bond acceptors (Lipinski definition) is 9. The van der Waals surface area contributed by atoms with Crippen LogP contribution in [0.3, 0.4) is 0 Å². The second kappa shape index (κ2) is 6.76. The van der Waals surface area contributed by atoms with Crippen molar-refractivity contribution in [1.29, 1.82) is 0 Å². The number of sulfonamides is 1. The lowest BCUT2D eigenvalue weighted by atomic mass is 10.0. The molecule has 0 amide bonds. The molecule has 10 nitrogen and oxygen atoms in total. The monoisotopic (exact) mass is 315 g/mol. The van der Waals surface area contributed by atoms with E-state index in [9.17, 15) is 28.5 Å². The summed E-state index contributed by atoms with van der Waals surface area (Å²) in [6.45, 7) is -1.44. The lowest BCUT2D eigenvalue weighted by Gasteiger charge is -2.39. The van der Waals surface area contributed by atoms with Crippen molar-refractivity contribution in [1.82, 2.24) is 4.72 Å². The van der Waals surface area contributed by atoms with Gasteiger partial charge in [0.1, 0.15) is 31.0 Å². The number of aliphatic hydroxyl groups is 4. The average Bonchev–Trinajstić information content (AvgIpc) is 2.42. The molecule has 0 aliphatic carbocycles. The minimum atomic E-state index is -4.34. The Morgan fingerprint density at radius 3 is 2.35 bits per heavy atom. The molecule has 0 spiro atoms.